The highest BCUT2D eigenvalue weighted by Gasteiger charge is 2.04. The predicted molar refractivity (Wildman–Crippen MR) is 79.3 cm³/mol. The Morgan fingerprint density at radius 1 is 0.842 bits per heavy atom. The van der Waals surface area contributed by atoms with Gasteiger partial charge in [0.1, 0.15) is 0 Å². The third-order valence-corrected chi connectivity index (χ3v) is 2.69. The zero-order chi connectivity index (χ0) is 14.3. The van der Waals surface area contributed by atoms with Gasteiger partial charge in [0.25, 0.3) is 0 Å². The Hall–Kier alpha value is -2.09. The van der Waals surface area contributed by atoms with E-state index in [0.717, 1.165) is 11.1 Å². The van der Waals surface area contributed by atoms with Crippen LogP contribution in [-0.4, -0.2) is 13.1 Å². The van der Waals surface area contributed by atoms with Crippen LogP contribution < -0.4 is 0 Å². The van der Waals surface area contributed by atoms with Gasteiger partial charge >= 0.3 is 5.97 Å². The summed E-state index contributed by atoms with van der Waals surface area (Å²) in [6.07, 6.45) is 0. The standard InChI is InChI=1S/C15H14O2.C2H6/c1-11-3-5-12(6-4-11)13-7-9-14(10-8-13)15(16)17-2;1-2/h3-10H,1-2H3;1-2H3. The fourth-order valence-electron chi connectivity index (χ4n) is 1.66. The first-order chi connectivity index (χ1) is 9.20. The Kier molecular flexibility index (Phi) is 5.80. The van der Waals surface area contributed by atoms with Crippen molar-refractivity contribution in [2.45, 2.75) is 20.8 Å². The van der Waals surface area contributed by atoms with Crippen LogP contribution in [-0.2, 0) is 4.74 Å². The number of hydrogen-bond donors (Lipinski definition) is 0. The summed E-state index contributed by atoms with van der Waals surface area (Å²) in [5, 5.41) is 0. The van der Waals surface area contributed by atoms with E-state index >= 15 is 0 Å². The number of rotatable bonds is 2. The SMILES string of the molecule is CC.COC(=O)c1ccc(-c2ccc(C)cc2)cc1. The molecule has 0 heterocycles. The van der Waals surface area contributed by atoms with Crippen molar-refractivity contribution in [3.63, 3.8) is 0 Å². The van der Waals surface area contributed by atoms with E-state index in [1.807, 2.05) is 26.0 Å². The molecule has 0 aliphatic carbocycles. The van der Waals surface area contributed by atoms with Crippen molar-refractivity contribution in [3.8, 4) is 11.1 Å². The van der Waals surface area contributed by atoms with Crippen LogP contribution in [0.4, 0.5) is 0 Å². The molecule has 2 aromatic carbocycles. The highest BCUT2D eigenvalue weighted by molar-refractivity contribution is 5.89. The van der Waals surface area contributed by atoms with E-state index in [9.17, 15) is 4.79 Å². The predicted octanol–water partition coefficient (Wildman–Crippen LogP) is 4.47. The molecular formula is C17H20O2. The number of esters is 1. The van der Waals surface area contributed by atoms with Crippen molar-refractivity contribution in [2.24, 2.45) is 0 Å². The number of carbonyl (C=O) groups excluding carboxylic acids is 1. The molecule has 0 spiro atoms. The average Bonchev–Trinajstić information content (AvgIpc) is 2.49. The lowest BCUT2D eigenvalue weighted by atomic mass is 10.0. The maximum Gasteiger partial charge on any atom is 0.337 e. The molecule has 19 heavy (non-hydrogen) atoms. The van der Waals surface area contributed by atoms with E-state index in [0.29, 0.717) is 5.56 Å². The van der Waals surface area contributed by atoms with Crippen molar-refractivity contribution < 1.29 is 9.53 Å². The molecule has 2 heteroatoms. The van der Waals surface area contributed by atoms with Crippen LogP contribution in [0.3, 0.4) is 0 Å². The lowest BCUT2D eigenvalue weighted by Crippen LogP contribution is -2.00. The molecule has 0 aliphatic rings. The van der Waals surface area contributed by atoms with Crippen LogP contribution in [0.15, 0.2) is 48.5 Å². The second-order valence-electron chi connectivity index (χ2n) is 3.93. The molecule has 0 unspecified atom stereocenters. The Bertz CT molecular complexity index is 510. The van der Waals surface area contributed by atoms with Gasteiger partial charge in [0.05, 0.1) is 12.7 Å². The minimum atomic E-state index is -0.305. The van der Waals surface area contributed by atoms with Crippen LogP contribution >= 0.6 is 0 Å². The molecule has 0 aromatic heterocycles. The summed E-state index contributed by atoms with van der Waals surface area (Å²) in [6.45, 7) is 6.06. The van der Waals surface area contributed by atoms with Gasteiger partial charge in [0.15, 0.2) is 0 Å². The molecule has 0 atom stereocenters. The van der Waals surface area contributed by atoms with Gasteiger partial charge in [-0.05, 0) is 30.2 Å². The summed E-state index contributed by atoms with van der Waals surface area (Å²) >= 11 is 0. The fraction of sp³-hybridized carbons (Fsp3) is 0.235. The molecule has 0 fully saturated rings. The highest BCUT2D eigenvalue weighted by Crippen LogP contribution is 2.20. The van der Waals surface area contributed by atoms with E-state index in [1.165, 1.54) is 12.7 Å². The van der Waals surface area contributed by atoms with Gasteiger partial charge in [-0.2, -0.15) is 0 Å². The number of methoxy groups -OCH3 is 1. The number of aryl methyl sites for hydroxylation is 1. The van der Waals surface area contributed by atoms with Crippen molar-refractivity contribution in [2.75, 3.05) is 7.11 Å². The van der Waals surface area contributed by atoms with E-state index in [4.69, 9.17) is 0 Å². The van der Waals surface area contributed by atoms with E-state index in [-0.39, 0.29) is 5.97 Å². The van der Waals surface area contributed by atoms with Crippen molar-refractivity contribution >= 4 is 5.97 Å². The number of ether oxygens (including phenoxy) is 1. The average molecular weight is 256 g/mol. The molecule has 0 bridgehead atoms. The Morgan fingerprint density at radius 2 is 1.26 bits per heavy atom. The summed E-state index contributed by atoms with van der Waals surface area (Å²) in [6, 6.07) is 15.7. The zero-order valence-corrected chi connectivity index (χ0v) is 11.9. The second-order valence-corrected chi connectivity index (χ2v) is 3.93. The summed E-state index contributed by atoms with van der Waals surface area (Å²) in [7, 11) is 1.39. The molecule has 0 radical (unpaired) electrons. The first kappa shape index (κ1) is 15.0. The molecule has 0 amide bonds. The van der Waals surface area contributed by atoms with Crippen LogP contribution in [0.1, 0.15) is 29.8 Å². The lowest BCUT2D eigenvalue weighted by Gasteiger charge is -2.04. The molecular weight excluding hydrogens is 236 g/mol. The van der Waals surface area contributed by atoms with E-state index < -0.39 is 0 Å². The first-order valence-corrected chi connectivity index (χ1v) is 6.46. The molecule has 0 saturated heterocycles. The van der Waals surface area contributed by atoms with Crippen molar-refractivity contribution in [3.05, 3.63) is 59.7 Å². The Labute approximate surface area is 115 Å². The molecule has 2 aromatic rings. The molecule has 0 aliphatic heterocycles. The van der Waals surface area contributed by atoms with Gasteiger partial charge in [-0.1, -0.05) is 55.8 Å². The van der Waals surface area contributed by atoms with Crippen LogP contribution in [0, 0.1) is 6.92 Å². The van der Waals surface area contributed by atoms with Crippen molar-refractivity contribution in [1.82, 2.24) is 0 Å². The van der Waals surface area contributed by atoms with Gasteiger partial charge in [0, 0.05) is 0 Å². The third kappa shape index (κ3) is 3.95. The van der Waals surface area contributed by atoms with Gasteiger partial charge in [-0.25, -0.2) is 4.79 Å². The Balaban J connectivity index is 0.000000861. The van der Waals surface area contributed by atoms with E-state index in [1.54, 1.807) is 12.1 Å². The maximum absolute atomic E-state index is 11.3. The van der Waals surface area contributed by atoms with Gasteiger partial charge in [0.2, 0.25) is 0 Å². The largest absolute Gasteiger partial charge is 0.465 e. The maximum atomic E-state index is 11.3. The highest BCUT2D eigenvalue weighted by atomic mass is 16.5. The minimum absolute atomic E-state index is 0.305. The van der Waals surface area contributed by atoms with Crippen LogP contribution in [0.5, 0.6) is 0 Å². The summed E-state index contributed by atoms with van der Waals surface area (Å²) in [5.41, 5.74) is 4.05. The zero-order valence-electron chi connectivity index (χ0n) is 11.9. The number of carbonyl (C=O) groups is 1. The fourth-order valence-corrected chi connectivity index (χ4v) is 1.66. The molecule has 2 rings (SSSR count). The minimum Gasteiger partial charge on any atom is -0.465 e. The topological polar surface area (TPSA) is 26.3 Å². The molecule has 0 saturated carbocycles. The Morgan fingerprint density at radius 3 is 1.68 bits per heavy atom. The van der Waals surface area contributed by atoms with Gasteiger partial charge in [-0.15, -0.1) is 0 Å². The van der Waals surface area contributed by atoms with E-state index in [2.05, 4.69) is 35.9 Å². The second kappa shape index (κ2) is 7.37. The van der Waals surface area contributed by atoms with Crippen LogP contribution in [0.2, 0.25) is 0 Å². The first-order valence-electron chi connectivity index (χ1n) is 6.46. The number of hydrogen-bond acceptors (Lipinski definition) is 2. The quantitative estimate of drug-likeness (QED) is 0.741. The van der Waals surface area contributed by atoms with Crippen molar-refractivity contribution in [1.29, 1.82) is 0 Å². The smallest absolute Gasteiger partial charge is 0.337 e. The monoisotopic (exact) mass is 256 g/mol. The molecule has 0 N–H and O–H groups in total. The summed E-state index contributed by atoms with van der Waals surface area (Å²) < 4.78 is 4.66. The third-order valence-electron chi connectivity index (χ3n) is 2.69. The van der Waals surface area contributed by atoms with Crippen LogP contribution in [0.25, 0.3) is 11.1 Å². The van der Waals surface area contributed by atoms with Gasteiger partial charge < -0.3 is 4.74 Å². The lowest BCUT2D eigenvalue weighted by molar-refractivity contribution is 0.0601. The van der Waals surface area contributed by atoms with Gasteiger partial charge in [-0.3, -0.25) is 0 Å². The normalized spacial score (nSPS) is 9.26. The molecule has 2 nitrogen and oxygen atoms in total. The molecule has 100 valence electrons. The number of benzene rings is 2. The summed E-state index contributed by atoms with van der Waals surface area (Å²) in [4.78, 5) is 11.3. The summed E-state index contributed by atoms with van der Waals surface area (Å²) in [5.74, 6) is -0.305.